The highest BCUT2D eigenvalue weighted by Gasteiger charge is 2.30. The molecule has 1 saturated heterocycles. The van der Waals surface area contributed by atoms with E-state index in [2.05, 4.69) is 26.8 Å². The number of thiophene rings is 1. The summed E-state index contributed by atoms with van der Waals surface area (Å²) in [6.45, 7) is 8.26. The molecule has 1 fully saturated rings. The van der Waals surface area contributed by atoms with Gasteiger partial charge in [-0.15, -0.1) is 11.3 Å². The number of fused-ring (bicyclic) bond motifs is 1. The zero-order valence-electron chi connectivity index (χ0n) is 12.9. The molecule has 21 heavy (non-hydrogen) atoms. The molecule has 1 aliphatic rings. The molecule has 2 N–H and O–H groups in total. The minimum absolute atomic E-state index is 0.0989. The van der Waals surface area contributed by atoms with E-state index in [0.717, 1.165) is 36.0 Å². The van der Waals surface area contributed by atoms with E-state index in [9.17, 15) is 4.79 Å². The molecule has 0 spiro atoms. The van der Waals surface area contributed by atoms with Crippen molar-refractivity contribution in [3.8, 4) is 0 Å². The zero-order valence-corrected chi connectivity index (χ0v) is 13.7. The molecule has 0 atom stereocenters. The van der Waals surface area contributed by atoms with E-state index in [4.69, 9.17) is 5.73 Å². The summed E-state index contributed by atoms with van der Waals surface area (Å²) in [4.78, 5) is 15.4. The molecule has 1 aromatic heterocycles. The van der Waals surface area contributed by atoms with Crippen LogP contribution in [-0.4, -0.2) is 23.9 Å². The molecule has 1 aliphatic heterocycles. The van der Waals surface area contributed by atoms with Crippen LogP contribution < -0.4 is 5.73 Å². The van der Waals surface area contributed by atoms with Gasteiger partial charge in [0, 0.05) is 23.2 Å². The number of amides is 1. The molecule has 0 unspecified atom stereocenters. The van der Waals surface area contributed by atoms with E-state index >= 15 is 0 Å². The molecule has 2 heterocycles. The van der Waals surface area contributed by atoms with Crippen LogP contribution in [0.2, 0.25) is 0 Å². The molecule has 112 valence electrons. The number of benzene rings is 1. The Morgan fingerprint density at radius 3 is 2.62 bits per heavy atom. The maximum atomic E-state index is 12.7. The summed E-state index contributed by atoms with van der Waals surface area (Å²) < 4.78 is 1.10. The number of hydrogen-bond acceptors (Lipinski definition) is 3. The molecule has 1 aromatic carbocycles. The van der Waals surface area contributed by atoms with Crippen molar-refractivity contribution in [2.75, 3.05) is 18.8 Å². The molecule has 3 nitrogen and oxygen atoms in total. The third kappa shape index (κ3) is 2.64. The van der Waals surface area contributed by atoms with E-state index < -0.39 is 0 Å². The van der Waals surface area contributed by atoms with E-state index in [1.54, 1.807) is 0 Å². The van der Waals surface area contributed by atoms with Crippen LogP contribution in [0.15, 0.2) is 18.2 Å². The number of nitrogens with two attached hydrogens (primary N) is 1. The van der Waals surface area contributed by atoms with Gasteiger partial charge >= 0.3 is 0 Å². The fourth-order valence-corrected chi connectivity index (χ4v) is 4.03. The lowest BCUT2D eigenvalue weighted by molar-refractivity contribution is 0.0636. The Morgan fingerprint density at radius 1 is 1.29 bits per heavy atom. The Kier molecular flexibility index (Phi) is 3.44. The van der Waals surface area contributed by atoms with Gasteiger partial charge in [-0.1, -0.05) is 26.0 Å². The molecular weight excluding hydrogens is 280 g/mol. The van der Waals surface area contributed by atoms with Crippen molar-refractivity contribution < 1.29 is 4.79 Å². The van der Waals surface area contributed by atoms with E-state index in [-0.39, 0.29) is 5.91 Å². The zero-order chi connectivity index (χ0) is 15.2. The lowest BCUT2D eigenvalue weighted by Gasteiger charge is -2.36. The number of aryl methyl sites for hydroxylation is 1. The highest BCUT2D eigenvalue weighted by atomic mass is 32.1. The molecule has 1 amide bonds. The lowest BCUT2D eigenvalue weighted by Crippen LogP contribution is -2.41. The van der Waals surface area contributed by atoms with E-state index in [1.807, 2.05) is 17.0 Å². The SMILES string of the molecule is Cc1ccc2c(N)c(C(=O)N3CCC(C)(C)CC3)sc2c1. The van der Waals surface area contributed by atoms with Crippen LogP contribution in [0.5, 0.6) is 0 Å². The van der Waals surface area contributed by atoms with E-state index in [0.29, 0.717) is 16.0 Å². The summed E-state index contributed by atoms with van der Waals surface area (Å²) in [5.41, 5.74) is 8.40. The highest BCUT2D eigenvalue weighted by molar-refractivity contribution is 7.21. The smallest absolute Gasteiger partial charge is 0.266 e. The fraction of sp³-hybridized carbons (Fsp3) is 0.471. The summed E-state index contributed by atoms with van der Waals surface area (Å²) in [7, 11) is 0. The number of likely N-dealkylation sites (tertiary alicyclic amines) is 1. The lowest BCUT2D eigenvalue weighted by atomic mass is 9.82. The predicted octanol–water partition coefficient (Wildman–Crippen LogP) is 4.05. The maximum Gasteiger partial charge on any atom is 0.266 e. The van der Waals surface area contributed by atoms with Gasteiger partial charge in [0.2, 0.25) is 0 Å². The molecule has 0 radical (unpaired) electrons. The number of piperidine rings is 1. The number of nitrogens with zero attached hydrogens (tertiary/aromatic N) is 1. The van der Waals surface area contributed by atoms with Gasteiger partial charge in [-0.3, -0.25) is 4.79 Å². The van der Waals surface area contributed by atoms with Crippen LogP contribution in [-0.2, 0) is 0 Å². The number of carbonyl (C=O) groups is 1. The summed E-state index contributed by atoms with van der Waals surface area (Å²) in [5.74, 6) is 0.0989. The third-order valence-corrected chi connectivity index (χ3v) is 5.64. The summed E-state index contributed by atoms with van der Waals surface area (Å²) >= 11 is 1.52. The Labute approximate surface area is 129 Å². The normalized spacial score (nSPS) is 18.1. The Balaban J connectivity index is 1.90. The Morgan fingerprint density at radius 2 is 1.95 bits per heavy atom. The molecule has 0 bridgehead atoms. The van der Waals surface area contributed by atoms with Gasteiger partial charge in [-0.2, -0.15) is 0 Å². The molecule has 4 heteroatoms. The first kappa shape index (κ1) is 14.4. The van der Waals surface area contributed by atoms with Crippen molar-refractivity contribution in [2.45, 2.75) is 33.6 Å². The molecular formula is C17H22N2OS. The van der Waals surface area contributed by atoms with Crippen molar-refractivity contribution in [1.29, 1.82) is 0 Å². The Bertz CT molecular complexity index is 692. The third-order valence-electron chi connectivity index (χ3n) is 4.48. The average molecular weight is 302 g/mol. The monoisotopic (exact) mass is 302 g/mol. The number of rotatable bonds is 1. The number of anilines is 1. The topological polar surface area (TPSA) is 46.3 Å². The van der Waals surface area contributed by atoms with Crippen LogP contribution in [0.4, 0.5) is 5.69 Å². The summed E-state index contributed by atoms with van der Waals surface area (Å²) in [6.07, 6.45) is 2.12. The first-order valence-electron chi connectivity index (χ1n) is 7.45. The van der Waals surface area contributed by atoms with Gasteiger partial charge in [-0.05, 0) is 36.8 Å². The largest absolute Gasteiger partial charge is 0.397 e. The summed E-state index contributed by atoms with van der Waals surface area (Å²) in [5, 5.41) is 1.01. The standard InChI is InChI=1S/C17H22N2OS/c1-11-4-5-12-13(10-11)21-15(14(12)18)16(20)19-8-6-17(2,3)7-9-19/h4-5,10H,6-9,18H2,1-3H3. The quantitative estimate of drug-likeness (QED) is 0.863. The van der Waals surface area contributed by atoms with Gasteiger partial charge in [0.15, 0.2) is 0 Å². The number of carbonyl (C=O) groups excluding carboxylic acids is 1. The van der Waals surface area contributed by atoms with Crippen LogP contribution in [0.25, 0.3) is 10.1 Å². The second-order valence-electron chi connectivity index (χ2n) is 6.80. The van der Waals surface area contributed by atoms with Crippen molar-refractivity contribution in [3.63, 3.8) is 0 Å². The molecule has 0 saturated carbocycles. The van der Waals surface area contributed by atoms with Crippen molar-refractivity contribution in [1.82, 2.24) is 4.90 Å². The van der Waals surface area contributed by atoms with Crippen LogP contribution in [0, 0.1) is 12.3 Å². The molecule has 0 aliphatic carbocycles. The minimum Gasteiger partial charge on any atom is -0.397 e. The maximum absolute atomic E-state index is 12.7. The van der Waals surface area contributed by atoms with Crippen LogP contribution >= 0.6 is 11.3 Å². The average Bonchev–Trinajstić information content (AvgIpc) is 2.74. The van der Waals surface area contributed by atoms with Crippen molar-refractivity contribution >= 4 is 33.0 Å². The first-order valence-corrected chi connectivity index (χ1v) is 8.27. The van der Waals surface area contributed by atoms with Crippen molar-refractivity contribution in [2.24, 2.45) is 5.41 Å². The van der Waals surface area contributed by atoms with Gasteiger partial charge < -0.3 is 10.6 Å². The molecule has 2 aromatic rings. The first-order chi connectivity index (χ1) is 9.87. The fourth-order valence-electron chi connectivity index (χ4n) is 2.84. The second-order valence-corrected chi connectivity index (χ2v) is 7.85. The van der Waals surface area contributed by atoms with Crippen molar-refractivity contribution in [3.05, 3.63) is 28.6 Å². The predicted molar refractivity (Wildman–Crippen MR) is 89.9 cm³/mol. The van der Waals surface area contributed by atoms with Gasteiger partial charge in [-0.25, -0.2) is 0 Å². The van der Waals surface area contributed by atoms with Crippen LogP contribution in [0.1, 0.15) is 41.9 Å². The summed E-state index contributed by atoms with van der Waals surface area (Å²) in [6, 6.07) is 6.17. The Hall–Kier alpha value is -1.55. The van der Waals surface area contributed by atoms with E-state index in [1.165, 1.54) is 16.9 Å². The van der Waals surface area contributed by atoms with Gasteiger partial charge in [0.1, 0.15) is 4.88 Å². The number of hydrogen-bond donors (Lipinski definition) is 1. The number of nitrogen functional groups attached to an aromatic ring is 1. The van der Waals surface area contributed by atoms with Gasteiger partial charge in [0.05, 0.1) is 5.69 Å². The minimum atomic E-state index is 0.0989. The highest BCUT2D eigenvalue weighted by Crippen LogP contribution is 2.36. The van der Waals surface area contributed by atoms with Crippen LogP contribution in [0.3, 0.4) is 0 Å². The van der Waals surface area contributed by atoms with Gasteiger partial charge in [0.25, 0.3) is 5.91 Å². The molecule has 3 rings (SSSR count). The second kappa shape index (κ2) is 5.02.